The molecule has 0 spiro atoms. The molecule has 1 aromatic heterocycles. The fraction of sp³-hybridized carbons (Fsp3) is 0.667. The van der Waals surface area contributed by atoms with Crippen LogP contribution in [0.3, 0.4) is 0 Å². The highest BCUT2D eigenvalue weighted by molar-refractivity contribution is 5.85. The maximum atomic E-state index is 12.8. The number of rotatable bonds is 6. The average Bonchev–Trinajstić information content (AvgIpc) is 3.16. The van der Waals surface area contributed by atoms with E-state index >= 15 is 0 Å². The quantitative estimate of drug-likeness (QED) is 0.760. The van der Waals surface area contributed by atoms with Gasteiger partial charge in [0, 0.05) is 32.9 Å². The second-order valence-electron chi connectivity index (χ2n) is 6.86. The minimum Gasteiger partial charge on any atom is -0.384 e. The van der Waals surface area contributed by atoms with Crippen LogP contribution in [0.4, 0.5) is 5.82 Å². The van der Waals surface area contributed by atoms with Gasteiger partial charge in [0.1, 0.15) is 5.82 Å². The predicted octanol–water partition coefficient (Wildman–Crippen LogP) is 2.16. The molecule has 0 atom stereocenters. The third-order valence-corrected chi connectivity index (χ3v) is 5.16. The molecule has 2 fully saturated rings. The molecular weight excluding hydrogens is 375 g/mol. The lowest BCUT2D eigenvalue weighted by Gasteiger charge is -2.35. The van der Waals surface area contributed by atoms with Crippen LogP contribution in [-0.4, -0.2) is 50.8 Å². The summed E-state index contributed by atoms with van der Waals surface area (Å²) in [7, 11) is 1.67. The lowest BCUT2D eigenvalue weighted by Crippen LogP contribution is -2.49. The topological polar surface area (TPSA) is 66.5 Å². The van der Waals surface area contributed by atoms with Crippen LogP contribution < -0.4 is 15.5 Å². The van der Waals surface area contributed by atoms with Crippen molar-refractivity contribution in [1.82, 2.24) is 15.6 Å². The number of pyridine rings is 1. The number of hydrogen-bond acceptors (Lipinski definition) is 5. The molecule has 3 rings (SSSR count). The second-order valence-corrected chi connectivity index (χ2v) is 6.86. The number of anilines is 1. The Morgan fingerprint density at radius 1 is 1.31 bits per heavy atom. The summed E-state index contributed by atoms with van der Waals surface area (Å²) < 4.78 is 5.34. The van der Waals surface area contributed by atoms with E-state index < -0.39 is 5.41 Å². The van der Waals surface area contributed by atoms with Gasteiger partial charge in [0.2, 0.25) is 5.91 Å². The van der Waals surface area contributed by atoms with E-state index in [1.807, 2.05) is 12.3 Å². The zero-order valence-corrected chi connectivity index (χ0v) is 17.0. The molecule has 0 saturated carbocycles. The molecule has 0 aromatic carbocycles. The highest BCUT2D eigenvalue weighted by Gasteiger charge is 2.39. The number of nitrogens with one attached hydrogen (secondary N) is 2. The standard InChI is InChI=1S/C18H28N4O2.2ClH/c1-24-14-18(5-8-19-9-6-18)17(23)21-13-15-4-7-20-16(12-15)22-10-2-3-11-22;;/h4,7,12,19H,2-3,5-6,8-11,13-14H2,1H3,(H,21,23);2*1H. The monoisotopic (exact) mass is 404 g/mol. The van der Waals surface area contributed by atoms with Gasteiger partial charge in [-0.1, -0.05) is 0 Å². The van der Waals surface area contributed by atoms with E-state index in [4.69, 9.17) is 4.74 Å². The van der Waals surface area contributed by atoms with Gasteiger partial charge in [-0.05, 0) is 56.5 Å². The molecule has 2 saturated heterocycles. The fourth-order valence-corrected chi connectivity index (χ4v) is 3.68. The number of nitrogens with zero attached hydrogens (tertiary/aromatic N) is 2. The molecule has 148 valence electrons. The van der Waals surface area contributed by atoms with Gasteiger partial charge in [-0.2, -0.15) is 0 Å². The van der Waals surface area contributed by atoms with Crippen molar-refractivity contribution in [3.8, 4) is 0 Å². The number of ether oxygens (including phenoxy) is 1. The molecular formula is C18H30Cl2N4O2. The Kier molecular flexibility index (Phi) is 9.64. The van der Waals surface area contributed by atoms with Gasteiger partial charge >= 0.3 is 0 Å². The Hall–Kier alpha value is -1.08. The molecule has 2 N–H and O–H groups in total. The van der Waals surface area contributed by atoms with Crippen LogP contribution in [0.5, 0.6) is 0 Å². The van der Waals surface area contributed by atoms with Crippen molar-refractivity contribution in [2.75, 3.05) is 44.8 Å². The van der Waals surface area contributed by atoms with Gasteiger partial charge in [-0.25, -0.2) is 4.98 Å². The summed E-state index contributed by atoms with van der Waals surface area (Å²) in [6.45, 7) is 4.91. The number of methoxy groups -OCH3 is 1. The first-order valence-corrected chi connectivity index (χ1v) is 8.91. The van der Waals surface area contributed by atoms with Gasteiger partial charge < -0.3 is 20.3 Å². The van der Waals surface area contributed by atoms with E-state index in [0.717, 1.165) is 50.4 Å². The number of piperidine rings is 1. The Bertz CT molecular complexity index is 556. The zero-order chi connectivity index (χ0) is 16.8. The van der Waals surface area contributed by atoms with Gasteiger partial charge in [0.05, 0.1) is 12.0 Å². The fourth-order valence-electron chi connectivity index (χ4n) is 3.68. The van der Waals surface area contributed by atoms with Crippen molar-refractivity contribution in [3.05, 3.63) is 23.9 Å². The Balaban J connectivity index is 0.00000169. The summed E-state index contributed by atoms with van der Waals surface area (Å²) >= 11 is 0. The molecule has 8 heteroatoms. The third kappa shape index (κ3) is 5.46. The number of halogens is 2. The van der Waals surface area contributed by atoms with E-state index in [1.54, 1.807) is 7.11 Å². The lowest BCUT2D eigenvalue weighted by atomic mass is 9.78. The molecule has 1 aromatic rings. The van der Waals surface area contributed by atoms with Crippen LogP contribution in [0.15, 0.2) is 18.3 Å². The Morgan fingerprint density at radius 3 is 2.65 bits per heavy atom. The minimum atomic E-state index is -0.398. The van der Waals surface area contributed by atoms with E-state index in [0.29, 0.717) is 13.2 Å². The smallest absolute Gasteiger partial charge is 0.228 e. The summed E-state index contributed by atoms with van der Waals surface area (Å²) in [6, 6.07) is 4.07. The van der Waals surface area contributed by atoms with Gasteiger partial charge in [-0.15, -0.1) is 24.8 Å². The number of aromatic nitrogens is 1. The van der Waals surface area contributed by atoms with Crippen LogP contribution in [0, 0.1) is 5.41 Å². The van der Waals surface area contributed by atoms with Crippen LogP contribution in [0.2, 0.25) is 0 Å². The summed E-state index contributed by atoms with van der Waals surface area (Å²) in [5.41, 5.74) is 0.701. The summed E-state index contributed by atoms with van der Waals surface area (Å²) in [5, 5.41) is 6.44. The normalized spacial score (nSPS) is 18.6. The molecule has 2 aliphatic heterocycles. The molecule has 0 bridgehead atoms. The highest BCUT2D eigenvalue weighted by atomic mass is 35.5. The SMILES string of the molecule is COCC1(C(=O)NCc2ccnc(N3CCCC3)c2)CCNCC1.Cl.Cl. The average molecular weight is 405 g/mol. The highest BCUT2D eigenvalue weighted by Crippen LogP contribution is 2.29. The van der Waals surface area contributed by atoms with E-state index in [2.05, 4.69) is 26.6 Å². The Labute approximate surface area is 168 Å². The van der Waals surface area contributed by atoms with Crippen molar-refractivity contribution < 1.29 is 9.53 Å². The molecule has 0 unspecified atom stereocenters. The van der Waals surface area contributed by atoms with Crippen molar-refractivity contribution in [3.63, 3.8) is 0 Å². The van der Waals surface area contributed by atoms with E-state index in [1.165, 1.54) is 12.8 Å². The number of carbonyl (C=O) groups excluding carboxylic acids is 1. The molecule has 2 aliphatic rings. The molecule has 0 radical (unpaired) electrons. The predicted molar refractivity (Wildman–Crippen MR) is 108 cm³/mol. The van der Waals surface area contributed by atoms with Crippen molar-refractivity contribution >= 4 is 36.5 Å². The molecule has 1 amide bonds. The third-order valence-electron chi connectivity index (χ3n) is 5.16. The maximum Gasteiger partial charge on any atom is 0.228 e. The van der Waals surface area contributed by atoms with E-state index in [9.17, 15) is 4.79 Å². The van der Waals surface area contributed by atoms with Gasteiger partial charge in [0.25, 0.3) is 0 Å². The van der Waals surface area contributed by atoms with Gasteiger partial charge in [0.15, 0.2) is 0 Å². The number of carbonyl (C=O) groups is 1. The first-order chi connectivity index (χ1) is 11.7. The molecule has 6 nitrogen and oxygen atoms in total. The second kappa shape index (κ2) is 10.9. The van der Waals surface area contributed by atoms with Crippen LogP contribution in [0.25, 0.3) is 0 Å². The molecule has 26 heavy (non-hydrogen) atoms. The molecule has 0 aliphatic carbocycles. The van der Waals surface area contributed by atoms with E-state index in [-0.39, 0.29) is 30.7 Å². The van der Waals surface area contributed by atoms with Crippen molar-refractivity contribution in [2.24, 2.45) is 5.41 Å². The minimum absolute atomic E-state index is 0. The summed E-state index contributed by atoms with van der Waals surface area (Å²) in [6.07, 6.45) is 5.95. The van der Waals surface area contributed by atoms with Crippen LogP contribution in [-0.2, 0) is 16.1 Å². The first-order valence-electron chi connectivity index (χ1n) is 8.91. The Morgan fingerprint density at radius 2 is 2.00 bits per heavy atom. The number of amides is 1. The summed E-state index contributed by atoms with van der Waals surface area (Å²) in [4.78, 5) is 19.6. The molecule has 3 heterocycles. The van der Waals surface area contributed by atoms with Crippen molar-refractivity contribution in [2.45, 2.75) is 32.2 Å². The van der Waals surface area contributed by atoms with Gasteiger partial charge in [-0.3, -0.25) is 4.79 Å². The zero-order valence-electron chi connectivity index (χ0n) is 15.3. The first kappa shape index (κ1) is 23.0. The maximum absolute atomic E-state index is 12.8. The lowest BCUT2D eigenvalue weighted by molar-refractivity contribution is -0.136. The summed E-state index contributed by atoms with van der Waals surface area (Å²) in [5.74, 6) is 1.12. The van der Waals surface area contributed by atoms with Crippen LogP contribution >= 0.6 is 24.8 Å². The number of hydrogen-bond donors (Lipinski definition) is 2. The van der Waals surface area contributed by atoms with Crippen LogP contribution in [0.1, 0.15) is 31.2 Å². The largest absolute Gasteiger partial charge is 0.384 e. The van der Waals surface area contributed by atoms with Crippen molar-refractivity contribution in [1.29, 1.82) is 0 Å².